The van der Waals surface area contributed by atoms with Gasteiger partial charge in [0.2, 0.25) is 0 Å². The number of allylic oxidation sites excluding steroid dienone is 3. The van der Waals surface area contributed by atoms with Crippen molar-refractivity contribution in [3.05, 3.63) is 24.4 Å². The topological polar surface area (TPSA) is 15.3 Å². The quantitative estimate of drug-likeness (QED) is 0.666. The molecule has 13 heavy (non-hydrogen) atoms. The van der Waals surface area contributed by atoms with Gasteiger partial charge in [0.25, 0.3) is 0 Å². The first-order chi connectivity index (χ1) is 6.22. The van der Waals surface area contributed by atoms with Crippen molar-refractivity contribution in [3.8, 4) is 0 Å². The fourth-order valence-corrected chi connectivity index (χ4v) is 1.70. The second kappa shape index (κ2) is 5.07. The maximum atomic E-state index is 3.68. The van der Waals surface area contributed by atoms with E-state index in [0.29, 0.717) is 6.04 Å². The Hall–Kier alpha value is -0.760. The second-order valence-corrected chi connectivity index (χ2v) is 3.81. The van der Waals surface area contributed by atoms with Crippen LogP contribution in [-0.4, -0.2) is 31.1 Å². The third-order valence-corrected chi connectivity index (χ3v) is 2.52. The molecule has 1 heterocycles. The Balaban J connectivity index is 2.30. The second-order valence-electron chi connectivity index (χ2n) is 3.81. The average molecular weight is 180 g/mol. The molecule has 0 aromatic carbocycles. The summed E-state index contributed by atoms with van der Waals surface area (Å²) in [4.78, 5) is 2.38. The Morgan fingerprint density at radius 1 is 1.46 bits per heavy atom. The molecule has 1 N–H and O–H groups in total. The largest absolute Gasteiger partial charge is 0.386 e. The standard InChI is InChI=1S/C11H20N2/c1-4-5-10(2)12-11-6-8-13(3)9-7-11/h4-5,11-12H,1,6-9H2,2-3H3/b10-5-. The zero-order valence-corrected chi connectivity index (χ0v) is 8.71. The molecule has 0 unspecified atom stereocenters. The lowest BCUT2D eigenvalue weighted by Crippen LogP contribution is -2.40. The molecule has 1 fully saturated rings. The van der Waals surface area contributed by atoms with E-state index in [1.54, 1.807) is 0 Å². The first kappa shape index (κ1) is 10.3. The minimum Gasteiger partial charge on any atom is -0.386 e. The van der Waals surface area contributed by atoms with Crippen LogP contribution in [0.1, 0.15) is 19.8 Å². The van der Waals surface area contributed by atoms with Gasteiger partial charge in [-0.15, -0.1) is 0 Å². The van der Waals surface area contributed by atoms with Crippen molar-refractivity contribution in [3.63, 3.8) is 0 Å². The molecule has 0 radical (unpaired) electrons. The van der Waals surface area contributed by atoms with Crippen LogP contribution >= 0.6 is 0 Å². The molecule has 0 spiro atoms. The van der Waals surface area contributed by atoms with Gasteiger partial charge < -0.3 is 10.2 Å². The Morgan fingerprint density at radius 2 is 2.08 bits per heavy atom. The zero-order valence-electron chi connectivity index (χ0n) is 8.71. The molecule has 0 amide bonds. The number of piperidine rings is 1. The highest BCUT2D eigenvalue weighted by Gasteiger charge is 2.15. The number of hydrogen-bond acceptors (Lipinski definition) is 2. The Labute approximate surface area is 81.3 Å². The number of hydrogen-bond donors (Lipinski definition) is 1. The summed E-state index contributed by atoms with van der Waals surface area (Å²) in [5.41, 5.74) is 1.23. The van der Waals surface area contributed by atoms with E-state index >= 15 is 0 Å². The number of likely N-dealkylation sites (tertiary alicyclic amines) is 1. The van der Waals surface area contributed by atoms with Crippen molar-refractivity contribution in [2.45, 2.75) is 25.8 Å². The minimum atomic E-state index is 0.660. The summed E-state index contributed by atoms with van der Waals surface area (Å²) in [5.74, 6) is 0. The molecule has 1 rings (SSSR count). The van der Waals surface area contributed by atoms with Crippen molar-refractivity contribution >= 4 is 0 Å². The molecule has 0 bridgehead atoms. The molecule has 0 aromatic rings. The maximum Gasteiger partial charge on any atom is 0.0282 e. The molecule has 0 aliphatic carbocycles. The Morgan fingerprint density at radius 3 is 2.62 bits per heavy atom. The highest BCUT2D eigenvalue weighted by molar-refractivity contribution is 5.07. The predicted octanol–water partition coefficient (Wildman–Crippen LogP) is 1.76. The van der Waals surface area contributed by atoms with Crippen molar-refractivity contribution in [2.24, 2.45) is 0 Å². The van der Waals surface area contributed by atoms with E-state index in [2.05, 4.69) is 30.8 Å². The van der Waals surface area contributed by atoms with Crippen LogP contribution < -0.4 is 5.32 Å². The van der Waals surface area contributed by atoms with Gasteiger partial charge in [-0.3, -0.25) is 0 Å². The molecule has 74 valence electrons. The van der Waals surface area contributed by atoms with Crippen LogP contribution in [0.3, 0.4) is 0 Å². The summed E-state index contributed by atoms with van der Waals surface area (Å²) in [6, 6.07) is 0.660. The van der Waals surface area contributed by atoms with E-state index in [1.165, 1.54) is 31.6 Å². The van der Waals surface area contributed by atoms with E-state index in [1.807, 2.05) is 12.2 Å². The average Bonchev–Trinajstić information content (AvgIpc) is 2.09. The SMILES string of the molecule is C=C/C=C(/C)NC1CCN(C)CC1. The Kier molecular flexibility index (Phi) is 4.03. The van der Waals surface area contributed by atoms with Crippen molar-refractivity contribution in [2.75, 3.05) is 20.1 Å². The maximum absolute atomic E-state index is 3.68. The minimum absolute atomic E-state index is 0.660. The lowest BCUT2D eigenvalue weighted by Gasteiger charge is -2.30. The van der Waals surface area contributed by atoms with Crippen LogP contribution in [0.15, 0.2) is 24.4 Å². The van der Waals surface area contributed by atoms with Crippen LogP contribution in [0.4, 0.5) is 0 Å². The first-order valence-electron chi connectivity index (χ1n) is 4.97. The summed E-state index contributed by atoms with van der Waals surface area (Å²) in [5, 5.41) is 3.50. The zero-order chi connectivity index (χ0) is 9.68. The molecule has 1 aliphatic rings. The summed E-state index contributed by atoms with van der Waals surface area (Å²) in [6.45, 7) is 8.19. The van der Waals surface area contributed by atoms with Crippen LogP contribution in [0.5, 0.6) is 0 Å². The fourth-order valence-electron chi connectivity index (χ4n) is 1.70. The van der Waals surface area contributed by atoms with Gasteiger partial charge in [0.1, 0.15) is 0 Å². The summed E-state index contributed by atoms with van der Waals surface area (Å²) < 4.78 is 0. The lowest BCUT2D eigenvalue weighted by atomic mass is 10.1. The van der Waals surface area contributed by atoms with Gasteiger partial charge >= 0.3 is 0 Å². The Bertz CT molecular complexity index is 188. The van der Waals surface area contributed by atoms with Gasteiger partial charge in [0, 0.05) is 11.7 Å². The predicted molar refractivity (Wildman–Crippen MR) is 57.6 cm³/mol. The van der Waals surface area contributed by atoms with Gasteiger partial charge in [-0.25, -0.2) is 0 Å². The molecule has 0 aromatic heterocycles. The third-order valence-electron chi connectivity index (χ3n) is 2.52. The molecule has 2 nitrogen and oxygen atoms in total. The highest BCUT2D eigenvalue weighted by Crippen LogP contribution is 2.09. The summed E-state index contributed by atoms with van der Waals surface area (Å²) in [6.07, 6.45) is 6.35. The molecular formula is C11H20N2. The van der Waals surface area contributed by atoms with Crippen LogP contribution in [0.2, 0.25) is 0 Å². The smallest absolute Gasteiger partial charge is 0.0282 e. The van der Waals surface area contributed by atoms with Crippen molar-refractivity contribution in [1.29, 1.82) is 0 Å². The van der Waals surface area contributed by atoms with Crippen LogP contribution in [0, 0.1) is 0 Å². The molecular weight excluding hydrogens is 160 g/mol. The molecule has 1 saturated heterocycles. The number of nitrogens with one attached hydrogen (secondary N) is 1. The van der Waals surface area contributed by atoms with Crippen LogP contribution in [-0.2, 0) is 0 Å². The fraction of sp³-hybridized carbons (Fsp3) is 0.636. The van der Waals surface area contributed by atoms with Gasteiger partial charge in [-0.2, -0.15) is 0 Å². The van der Waals surface area contributed by atoms with Crippen molar-refractivity contribution in [1.82, 2.24) is 10.2 Å². The number of nitrogens with zero attached hydrogens (tertiary/aromatic N) is 1. The molecule has 0 atom stereocenters. The van der Waals surface area contributed by atoms with E-state index < -0.39 is 0 Å². The molecule has 1 aliphatic heterocycles. The first-order valence-corrected chi connectivity index (χ1v) is 4.97. The summed E-state index contributed by atoms with van der Waals surface area (Å²) >= 11 is 0. The highest BCUT2D eigenvalue weighted by atomic mass is 15.1. The third kappa shape index (κ3) is 3.64. The molecule has 2 heteroatoms. The van der Waals surface area contributed by atoms with Gasteiger partial charge in [0.05, 0.1) is 0 Å². The van der Waals surface area contributed by atoms with Gasteiger partial charge in [-0.05, 0) is 46.0 Å². The van der Waals surface area contributed by atoms with Crippen LogP contribution in [0.25, 0.3) is 0 Å². The van der Waals surface area contributed by atoms with E-state index in [9.17, 15) is 0 Å². The van der Waals surface area contributed by atoms with E-state index in [-0.39, 0.29) is 0 Å². The van der Waals surface area contributed by atoms with Crippen molar-refractivity contribution < 1.29 is 0 Å². The van der Waals surface area contributed by atoms with E-state index in [4.69, 9.17) is 0 Å². The lowest BCUT2D eigenvalue weighted by molar-refractivity contribution is 0.241. The number of rotatable bonds is 3. The normalized spacial score (nSPS) is 21.5. The summed E-state index contributed by atoms with van der Waals surface area (Å²) in [7, 11) is 2.18. The van der Waals surface area contributed by atoms with Gasteiger partial charge in [-0.1, -0.05) is 12.7 Å². The van der Waals surface area contributed by atoms with E-state index in [0.717, 1.165) is 0 Å². The molecule has 0 saturated carbocycles. The van der Waals surface area contributed by atoms with Gasteiger partial charge in [0.15, 0.2) is 0 Å². The monoisotopic (exact) mass is 180 g/mol.